The molecule has 0 radical (unpaired) electrons. The van der Waals surface area contributed by atoms with Gasteiger partial charge >= 0.3 is 11.9 Å². The SMILES string of the molecule is CC(C)OC(C)C(C)C.Cc1cc(C)c(C(C)(C)OC(=O)C(C)C)c(OC(C)C)c1.Cc1cc(COC(=O)C(C)C)cc(C)c1OC(C)C. The van der Waals surface area contributed by atoms with E-state index >= 15 is 0 Å². The van der Waals surface area contributed by atoms with E-state index in [1.54, 1.807) is 0 Å². The molecule has 2 rings (SSSR count). The second-order valence-corrected chi connectivity index (χ2v) is 15.3. The van der Waals surface area contributed by atoms with Gasteiger partial charge in [0.15, 0.2) is 0 Å². The van der Waals surface area contributed by atoms with Crippen molar-refractivity contribution in [3.63, 3.8) is 0 Å². The van der Waals surface area contributed by atoms with Gasteiger partial charge in [-0.25, -0.2) is 0 Å². The van der Waals surface area contributed by atoms with Gasteiger partial charge in [-0.15, -0.1) is 0 Å². The Bertz CT molecular complexity index is 1280. The maximum atomic E-state index is 12.0. The zero-order valence-electron chi connectivity index (χ0n) is 34.4. The summed E-state index contributed by atoms with van der Waals surface area (Å²) in [5.74, 6) is 1.74. The molecule has 2 aromatic rings. The summed E-state index contributed by atoms with van der Waals surface area (Å²) in [6, 6.07) is 8.12. The van der Waals surface area contributed by atoms with Gasteiger partial charge in [0.25, 0.3) is 0 Å². The highest BCUT2D eigenvalue weighted by Gasteiger charge is 2.32. The topological polar surface area (TPSA) is 80.3 Å². The number of rotatable bonds is 13. The molecular weight excluding hydrogens is 616 g/mol. The van der Waals surface area contributed by atoms with E-state index in [1.807, 2.05) is 115 Å². The molecular formula is C42H70O7. The first-order valence-electron chi connectivity index (χ1n) is 18.0. The smallest absolute Gasteiger partial charge is 0.309 e. The van der Waals surface area contributed by atoms with Crippen molar-refractivity contribution in [3.8, 4) is 11.5 Å². The van der Waals surface area contributed by atoms with Gasteiger partial charge in [-0.3, -0.25) is 9.59 Å². The molecule has 49 heavy (non-hydrogen) atoms. The molecule has 0 heterocycles. The molecule has 0 N–H and O–H groups in total. The van der Waals surface area contributed by atoms with Gasteiger partial charge < -0.3 is 23.7 Å². The van der Waals surface area contributed by atoms with Crippen LogP contribution in [-0.2, 0) is 36.0 Å². The highest BCUT2D eigenvalue weighted by Crippen LogP contribution is 2.37. The standard InChI is InChI=1S/C18H28O3.C16H24O3.C8H18O/c1-11(2)17(19)21-18(7,8)16-14(6)9-13(5)10-15(16)20-12(3)4;1-10(2)16(17)18-9-14-7-12(5)15(13(6)8-14)19-11(3)4;1-6(2)8(5)9-7(3)4/h9-12H,1-8H3;7-8,10-11H,9H2,1-6H3;6-8H,1-5H3. The van der Waals surface area contributed by atoms with Crippen molar-refractivity contribution in [1.29, 1.82) is 0 Å². The van der Waals surface area contributed by atoms with Crippen LogP contribution in [0.1, 0.15) is 137 Å². The highest BCUT2D eigenvalue weighted by atomic mass is 16.6. The van der Waals surface area contributed by atoms with E-state index in [0.717, 1.165) is 44.9 Å². The van der Waals surface area contributed by atoms with E-state index < -0.39 is 5.60 Å². The lowest BCUT2D eigenvalue weighted by atomic mass is 9.91. The van der Waals surface area contributed by atoms with E-state index in [0.29, 0.717) is 24.7 Å². The van der Waals surface area contributed by atoms with Gasteiger partial charge in [0, 0.05) is 5.56 Å². The molecule has 0 aliphatic heterocycles. The van der Waals surface area contributed by atoms with Crippen LogP contribution in [0.5, 0.6) is 11.5 Å². The molecule has 0 bridgehead atoms. The van der Waals surface area contributed by atoms with Crippen molar-refractivity contribution in [2.75, 3.05) is 0 Å². The Morgan fingerprint density at radius 2 is 1.12 bits per heavy atom. The molecule has 0 amide bonds. The fourth-order valence-corrected chi connectivity index (χ4v) is 4.92. The lowest BCUT2D eigenvalue weighted by Gasteiger charge is -2.31. The van der Waals surface area contributed by atoms with Crippen molar-refractivity contribution in [2.45, 2.75) is 168 Å². The van der Waals surface area contributed by atoms with Crippen molar-refractivity contribution in [1.82, 2.24) is 0 Å². The predicted octanol–water partition coefficient (Wildman–Crippen LogP) is 10.8. The fraction of sp³-hybridized carbons (Fsp3) is 0.667. The number of ether oxygens (including phenoxy) is 5. The number of benzene rings is 2. The molecule has 7 heteroatoms. The summed E-state index contributed by atoms with van der Waals surface area (Å²) in [5.41, 5.74) is 5.58. The van der Waals surface area contributed by atoms with Gasteiger partial charge in [-0.1, -0.05) is 47.6 Å². The van der Waals surface area contributed by atoms with E-state index in [2.05, 4.69) is 40.7 Å². The maximum Gasteiger partial charge on any atom is 0.309 e. The zero-order valence-corrected chi connectivity index (χ0v) is 34.4. The van der Waals surface area contributed by atoms with Crippen LogP contribution in [-0.4, -0.2) is 36.4 Å². The molecule has 0 aliphatic rings. The van der Waals surface area contributed by atoms with E-state index in [1.165, 1.54) is 0 Å². The quantitative estimate of drug-likeness (QED) is 0.194. The summed E-state index contributed by atoms with van der Waals surface area (Å²) in [6.07, 6.45) is 0.982. The Morgan fingerprint density at radius 3 is 1.51 bits per heavy atom. The van der Waals surface area contributed by atoms with Crippen LogP contribution in [0, 0.1) is 45.4 Å². The van der Waals surface area contributed by atoms with E-state index in [-0.39, 0.29) is 36.0 Å². The largest absolute Gasteiger partial charge is 0.491 e. The minimum absolute atomic E-state index is 0.0709. The number of carbonyl (C=O) groups is 2. The first-order chi connectivity index (χ1) is 22.4. The van der Waals surface area contributed by atoms with Gasteiger partial charge in [-0.2, -0.15) is 0 Å². The van der Waals surface area contributed by atoms with Crippen molar-refractivity contribution >= 4 is 11.9 Å². The Balaban J connectivity index is 0.000000760. The molecule has 0 fully saturated rings. The molecule has 7 nitrogen and oxygen atoms in total. The fourth-order valence-electron chi connectivity index (χ4n) is 4.92. The number of esters is 2. The first kappa shape index (κ1) is 45.9. The Labute approximate surface area is 299 Å². The molecule has 280 valence electrons. The third kappa shape index (κ3) is 17.4. The van der Waals surface area contributed by atoms with Crippen molar-refractivity contribution in [2.24, 2.45) is 17.8 Å². The molecule has 0 saturated heterocycles. The predicted molar refractivity (Wildman–Crippen MR) is 202 cm³/mol. The average Bonchev–Trinajstić information content (AvgIpc) is 2.92. The molecule has 0 spiro atoms. The van der Waals surface area contributed by atoms with Gasteiger partial charge in [0.2, 0.25) is 0 Å². The molecule has 1 atom stereocenters. The third-order valence-corrected chi connectivity index (χ3v) is 7.39. The molecule has 0 saturated carbocycles. The molecule has 0 aliphatic carbocycles. The average molecular weight is 687 g/mol. The second-order valence-electron chi connectivity index (χ2n) is 15.3. The lowest BCUT2D eigenvalue weighted by molar-refractivity contribution is -0.161. The van der Waals surface area contributed by atoms with E-state index in [9.17, 15) is 9.59 Å². The Kier molecular flexibility index (Phi) is 19.9. The summed E-state index contributed by atoms with van der Waals surface area (Å²) >= 11 is 0. The van der Waals surface area contributed by atoms with Crippen LogP contribution in [0.25, 0.3) is 0 Å². The second kappa shape index (κ2) is 21.2. The zero-order chi connectivity index (χ0) is 38.4. The summed E-state index contributed by atoms with van der Waals surface area (Å²) in [6.45, 7) is 38.2. The number of hydrogen-bond acceptors (Lipinski definition) is 7. The number of hydrogen-bond donors (Lipinski definition) is 0. The number of carbonyl (C=O) groups excluding carboxylic acids is 2. The summed E-state index contributed by atoms with van der Waals surface area (Å²) in [4.78, 5) is 23.4. The van der Waals surface area contributed by atoms with Crippen LogP contribution in [0.4, 0.5) is 0 Å². The van der Waals surface area contributed by atoms with Crippen molar-refractivity contribution < 1.29 is 33.3 Å². The van der Waals surface area contributed by atoms with Gasteiger partial charge in [-0.05, 0) is 142 Å². The van der Waals surface area contributed by atoms with Crippen LogP contribution >= 0.6 is 0 Å². The minimum atomic E-state index is -0.719. The molecule has 2 aromatic carbocycles. The monoisotopic (exact) mass is 687 g/mol. The third-order valence-electron chi connectivity index (χ3n) is 7.39. The highest BCUT2D eigenvalue weighted by molar-refractivity contribution is 5.72. The van der Waals surface area contributed by atoms with E-state index in [4.69, 9.17) is 23.7 Å². The van der Waals surface area contributed by atoms with Gasteiger partial charge in [0.1, 0.15) is 23.7 Å². The Morgan fingerprint density at radius 1 is 0.633 bits per heavy atom. The molecule has 0 aromatic heterocycles. The van der Waals surface area contributed by atoms with Crippen LogP contribution in [0.2, 0.25) is 0 Å². The van der Waals surface area contributed by atoms with Crippen LogP contribution in [0.3, 0.4) is 0 Å². The minimum Gasteiger partial charge on any atom is -0.491 e. The number of aryl methyl sites for hydroxylation is 4. The maximum absolute atomic E-state index is 12.0. The van der Waals surface area contributed by atoms with Crippen molar-refractivity contribution in [3.05, 3.63) is 57.6 Å². The van der Waals surface area contributed by atoms with Gasteiger partial charge in [0.05, 0.1) is 36.3 Å². The van der Waals surface area contributed by atoms with Crippen LogP contribution < -0.4 is 9.47 Å². The summed E-state index contributed by atoms with van der Waals surface area (Å²) in [5, 5.41) is 0. The summed E-state index contributed by atoms with van der Waals surface area (Å²) < 4.78 is 28.2. The summed E-state index contributed by atoms with van der Waals surface area (Å²) in [7, 11) is 0. The molecule has 1 unspecified atom stereocenters. The lowest BCUT2D eigenvalue weighted by Crippen LogP contribution is -2.30. The first-order valence-corrected chi connectivity index (χ1v) is 18.0. The normalized spacial score (nSPS) is 12.1. The van der Waals surface area contributed by atoms with Crippen LogP contribution in [0.15, 0.2) is 24.3 Å². The Hall–Kier alpha value is -3.06.